The molecule has 1 saturated heterocycles. The highest BCUT2D eigenvalue weighted by Gasteiger charge is 2.38. The van der Waals surface area contributed by atoms with Gasteiger partial charge in [0.15, 0.2) is 5.78 Å². The summed E-state index contributed by atoms with van der Waals surface area (Å²) in [7, 11) is 0. The van der Waals surface area contributed by atoms with Gasteiger partial charge in [0.2, 0.25) is 0 Å². The van der Waals surface area contributed by atoms with Gasteiger partial charge in [0.1, 0.15) is 11.9 Å². The molecule has 3 amide bonds. The van der Waals surface area contributed by atoms with E-state index in [1.165, 1.54) is 24.3 Å². The highest BCUT2D eigenvalue weighted by Crippen LogP contribution is 2.14. The van der Waals surface area contributed by atoms with E-state index in [2.05, 4.69) is 5.32 Å². The van der Waals surface area contributed by atoms with Crippen LogP contribution in [0.3, 0.4) is 0 Å². The van der Waals surface area contributed by atoms with Crippen LogP contribution in [-0.4, -0.2) is 35.2 Å². The summed E-state index contributed by atoms with van der Waals surface area (Å²) in [6.45, 7) is -0.349. The fourth-order valence-corrected chi connectivity index (χ4v) is 2.75. The standard InChI is InChI=1S/C19H17FN2O3/c20-15-9-7-14(8-10-15)17(23)12-22-18(24)16(21-19(22)25)11-6-13-4-2-1-3-5-13/h1-5,7-10,16H,6,11-12H2,(H,21,25)/t16-/m0/s1. The van der Waals surface area contributed by atoms with Crippen LogP contribution < -0.4 is 5.32 Å². The van der Waals surface area contributed by atoms with E-state index >= 15 is 0 Å². The van der Waals surface area contributed by atoms with Crippen LogP contribution in [0.1, 0.15) is 22.3 Å². The number of imide groups is 1. The van der Waals surface area contributed by atoms with Gasteiger partial charge in [-0.25, -0.2) is 9.18 Å². The van der Waals surface area contributed by atoms with Gasteiger partial charge in [-0.1, -0.05) is 30.3 Å². The number of halogens is 1. The summed E-state index contributed by atoms with van der Waals surface area (Å²) in [5.74, 6) is -1.27. The Bertz CT molecular complexity index is 790. The van der Waals surface area contributed by atoms with Crippen molar-refractivity contribution < 1.29 is 18.8 Å². The first kappa shape index (κ1) is 16.8. The van der Waals surface area contributed by atoms with Crippen LogP contribution in [0.15, 0.2) is 54.6 Å². The maximum absolute atomic E-state index is 12.9. The van der Waals surface area contributed by atoms with Gasteiger partial charge in [0.05, 0.1) is 6.54 Å². The number of carbonyl (C=O) groups is 3. The van der Waals surface area contributed by atoms with Crippen LogP contribution in [0.4, 0.5) is 9.18 Å². The topological polar surface area (TPSA) is 66.5 Å². The quantitative estimate of drug-likeness (QED) is 0.649. The lowest BCUT2D eigenvalue weighted by Gasteiger charge is -2.12. The van der Waals surface area contributed by atoms with Gasteiger partial charge in [-0.2, -0.15) is 0 Å². The third-order valence-electron chi connectivity index (χ3n) is 4.14. The second kappa shape index (κ2) is 7.25. The smallest absolute Gasteiger partial charge is 0.325 e. The monoisotopic (exact) mass is 340 g/mol. The van der Waals surface area contributed by atoms with E-state index in [0.717, 1.165) is 10.5 Å². The Morgan fingerprint density at radius 3 is 2.40 bits per heavy atom. The molecule has 6 heteroatoms. The summed E-state index contributed by atoms with van der Waals surface area (Å²) in [5.41, 5.74) is 1.33. The second-order valence-electron chi connectivity index (χ2n) is 5.88. The number of nitrogens with zero attached hydrogens (tertiary/aromatic N) is 1. The third-order valence-corrected chi connectivity index (χ3v) is 4.14. The van der Waals surface area contributed by atoms with Crippen LogP contribution in [-0.2, 0) is 11.2 Å². The van der Waals surface area contributed by atoms with E-state index in [4.69, 9.17) is 0 Å². The molecule has 0 unspecified atom stereocenters. The number of carbonyl (C=O) groups excluding carboxylic acids is 3. The predicted octanol–water partition coefficient (Wildman–Crippen LogP) is 2.56. The van der Waals surface area contributed by atoms with Crippen LogP contribution in [0.5, 0.6) is 0 Å². The zero-order valence-corrected chi connectivity index (χ0v) is 13.4. The average molecular weight is 340 g/mol. The number of rotatable bonds is 6. The number of urea groups is 1. The number of amides is 3. The Morgan fingerprint density at radius 2 is 1.72 bits per heavy atom. The SMILES string of the molecule is O=C(CN1C(=O)N[C@@H](CCc2ccccc2)C1=O)c1ccc(F)cc1. The molecular formula is C19H17FN2O3. The minimum absolute atomic E-state index is 0.259. The second-order valence-corrected chi connectivity index (χ2v) is 5.88. The molecule has 1 heterocycles. The van der Waals surface area contributed by atoms with E-state index in [1.807, 2.05) is 30.3 Å². The van der Waals surface area contributed by atoms with Crippen molar-refractivity contribution in [1.29, 1.82) is 0 Å². The Kier molecular flexibility index (Phi) is 4.88. The Balaban J connectivity index is 1.61. The summed E-state index contributed by atoms with van der Waals surface area (Å²) in [6, 6.07) is 13.5. The lowest BCUT2D eigenvalue weighted by molar-refractivity contribution is -0.127. The number of Topliss-reactive ketones (excluding diaryl/α,β-unsaturated/α-hetero) is 1. The van der Waals surface area contributed by atoms with E-state index in [0.29, 0.717) is 12.8 Å². The van der Waals surface area contributed by atoms with E-state index < -0.39 is 29.6 Å². The fraction of sp³-hybridized carbons (Fsp3) is 0.211. The van der Waals surface area contributed by atoms with Crippen LogP contribution in [0.25, 0.3) is 0 Å². The van der Waals surface area contributed by atoms with Gasteiger partial charge in [0, 0.05) is 5.56 Å². The molecule has 0 saturated carbocycles. The van der Waals surface area contributed by atoms with Gasteiger partial charge in [-0.05, 0) is 42.7 Å². The summed E-state index contributed by atoms with van der Waals surface area (Å²) in [6.07, 6.45) is 1.12. The molecule has 2 aromatic carbocycles. The minimum Gasteiger partial charge on any atom is -0.326 e. The summed E-state index contributed by atoms with van der Waals surface area (Å²) >= 11 is 0. The van der Waals surface area contributed by atoms with Crippen molar-refractivity contribution in [3.05, 3.63) is 71.5 Å². The lowest BCUT2D eigenvalue weighted by Crippen LogP contribution is -2.36. The van der Waals surface area contributed by atoms with Crippen LogP contribution >= 0.6 is 0 Å². The summed E-state index contributed by atoms with van der Waals surface area (Å²) < 4.78 is 12.9. The average Bonchev–Trinajstić information content (AvgIpc) is 2.89. The zero-order valence-electron chi connectivity index (χ0n) is 13.4. The van der Waals surface area contributed by atoms with Gasteiger partial charge in [-0.3, -0.25) is 14.5 Å². The van der Waals surface area contributed by atoms with Gasteiger partial charge in [-0.15, -0.1) is 0 Å². The van der Waals surface area contributed by atoms with Gasteiger partial charge >= 0.3 is 6.03 Å². The number of benzene rings is 2. The van der Waals surface area contributed by atoms with Crippen molar-refractivity contribution in [3.63, 3.8) is 0 Å². The Morgan fingerprint density at radius 1 is 1.04 bits per heavy atom. The number of aryl methyl sites for hydroxylation is 1. The molecule has 0 bridgehead atoms. The molecule has 0 radical (unpaired) electrons. The van der Waals surface area contributed by atoms with Crippen molar-refractivity contribution in [2.45, 2.75) is 18.9 Å². The first-order chi connectivity index (χ1) is 12.0. The first-order valence-corrected chi connectivity index (χ1v) is 7.99. The maximum Gasteiger partial charge on any atom is 0.325 e. The Labute approximate surface area is 144 Å². The van der Waals surface area contributed by atoms with Crippen molar-refractivity contribution >= 4 is 17.7 Å². The third kappa shape index (κ3) is 3.91. The van der Waals surface area contributed by atoms with Crippen molar-refractivity contribution in [2.75, 3.05) is 6.54 Å². The van der Waals surface area contributed by atoms with Gasteiger partial charge in [0.25, 0.3) is 5.91 Å². The number of nitrogens with one attached hydrogen (secondary N) is 1. The van der Waals surface area contributed by atoms with E-state index in [-0.39, 0.29) is 12.1 Å². The predicted molar refractivity (Wildman–Crippen MR) is 89.5 cm³/mol. The van der Waals surface area contributed by atoms with E-state index in [1.54, 1.807) is 0 Å². The molecule has 1 atom stereocenters. The molecule has 1 aliphatic rings. The molecular weight excluding hydrogens is 323 g/mol. The molecule has 0 aromatic heterocycles. The maximum atomic E-state index is 12.9. The normalized spacial score (nSPS) is 16.8. The molecule has 25 heavy (non-hydrogen) atoms. The molecule has 2 aromatic rings. The van der Waals surface area contributed by atoms with Crippen LogP contribution in [0, 0.1) is 5.82 Å². The molecule has 1 N–H and O–H groups in total. The number of hydrogen-bond donors (Lipinski definition) is 1. The largest absolute Gasteiger partial charge is 0.326 e. The van der Waals surface area contributed by atoms with Crippen molar-refractivity contribution in [3.8, 4) is 0 Å². The molecule has 5 nitrogen and oxygen atoms in total. The highest BCUT2D eigenvalue weighted by atomic mass is 19.1. The summed E-state index contributed by atoms with van der Waals surface area (Å²) in [4.78, 5) is 37.5. The van der Waals surface area contributed by atoms with Crippen molar-refractivity contribution in [1.82, 2.24) is 10.2 Å². The molecule has 0 aliphatic carbocycles. The van der Waals surface area contributed by atoms with Crippen molar-refractivity contribution in [2.24, 2.45) is 0 Å². The zero-order chi connectivity index (χ0) is 17.8. The first-order valence-electron chi connectivity index (χ1n) is 7.99. The molecule has 3 rings (SSSR count). The molecule has 0 spiro atoms. The number of ketones is 1. The lowest BCUT2D eigenvalue weighted by atomic mass is 10.1. The molecule has 1 aliphatic heterocycles. The van der Waals surface area contributed by atoms with Gasteiger partial charge < -0.3 is 5.32 Å². The Hall–Kier alpha value is -3.02. The molecule has 128 valence electrons. The molecule has 1 fully saturated rings. The number of hydrogen-bond acceptors (Lipinski definition) is 3. The minimum atomic E-state index is -0.631. The van der Waals surface area contributed by atoms with Crippen LogP contribution in [0.2, 0.25) is 0 Å². The summed E-state index contributed by atoms with van der Waals surface area (Å²) in [5, 5.41) is 2.62. The van der Waals surface area contributed by atoms with E-state index in [9.17, 15) is 18.8 Å². The fourth-order valence-electron chi connectivity index (χ4n) is 2.75. The highest BCUT2D eigenvalue weighted by molar-refractivity contribution is 6.09.